The number of carbonyl (C=O) groups excluding carboxylic acids is 2. The molecule has 0 aromatic heterocycles. The maximum atomic E-state index is 14.6. The van der Waals surface area contributed by atoms with Crippen molar-refractivity contribution in [1.82, 2.24) is 10.2 Å². The van der Waals surface area contributed by atoms with Crippen LogP contribution in [-0.4, -0.2) is 43.8 Å². The standard InChI is InChI=1S/C36H36Cl2FN3O4S/c1-25-11-18-31(19-12-25)47(45,46)42(30-17-20-32(37)33(38)22-30)24-35(43)41(23-27-13-15-28(39)16-14-27)34(21-26-7-3-2-4-8-26)36(44)40-29-9-5-6-10-29/h2-4,7-8,11-20,22,29,34H,5-6,9-10,21,23-24H2,1H3,(H,40,44)/t34-/m1/s1. The molecule has 1 saturated carbocycles. The number of aryl methyl sites for hydroxylation is 1. The van der Waals surface area contributed by atoms with E-state index in [-0.39, 0.29) is 45.5 Å². The second kappa shape index (κ2) is 15.3. The second-order valence-electron chi connectivity index (χ2n) is 11.8. The van der Waals surface area contributed by atoms with E-state index in [4.69, 9.17) is 23.2 Å². The highest BCUT2D eigenvalue weighted by Gasteiger charge is 2.35. The van der Waals surface area contributed by atoms with E-state index in [0.717, 1.165) is 41.1 Å². The maximum absolute atomic E-state index is 14.6. The van der Waals surface area contributed by atoms with Gasteiger partial charge in [0.05, 0.1) is 20.6 Å². The molecule has 0 bridgehead atoms. The van der Waals surface area contributed by atoms with Crippen LogP contribution in [0.25, 0.3) is 0 Å². The van der Waals surface area contributed by atoms with E-state index >= 15 is 0 Å². The number of hydrogen-bond donors (Lipinski definition) is 1. The highest BCUT2D eigenvalue weighted by molar-refractivity contribution is 7.92. The van der Waals surface area contributed by atoms with E-state index in [2.05, 4.69) is 5.32 Å². The molecule has 11 heteroatoms. The average Bonchev–Trinajstić information content (AvgIpc) is 3.57. The largest absolute Gasteiger partial charge is 0.352 e. The molecule has 0 heterocycles. The zero-order valence-electron chi connectivity index (χ0n) is 25.9. The first-order valence-electron chi connectivity index (χ1n) is 15.4. The first-order valence-corrected chi connectivity index (χ1v) is 17.6. The lowest BCUT2D eigenvalue weighted by Gasteiger charge is -2.34. The number of carbonyl (C=O) groups is 2. The fourth-order valence-electron chi connectivity index (χ4n) is 5.71. The first-order chi connectivity index (χ1) is 22.5. The summed E-state index contributed by atoms with van der Waals surface area (Å²) < 4.78 is 43.2. The normalized spacial score (nSPS) is 14.0. The fourth-order valence-corrected chi connectivity index (χ4v) is 7.41. The molecular formula is C36H36Cl2FN3O4S. The summed E-state index contributed by atoms with van der Waals surface area (Å²) in [5.74, 6) is -1.40. The molecule has 5 rings (SSSR count). The van der Waals surface area contributed by atoms with Crippen LogP contribution in [-0.2, 0) is 32.6 Å². The fraction of sp³-hybridized carbons (Fsp3) is 0.278. The van der Waals surface area contributed by atoms with Crippen LogP contribution in [0.3, 0.4) is 0 Å². The van der Waals surface area contributed by atoms with Crippen LogP contribution >= 0.6 is 23.2 Å². The minimum absolute atomic E-state index is 0.0156. The molecule has 246 valence electrons. The summed E-state index contributed by atoms with van der Waals surface area (Å²) in [5.41, 5.74) is 2.40. The Morgan fingerprint density at radius 2 is 1.53 bits per heavy atom. The first kappa shape index (κ1) is 34.4. The van der Waals surface area contributed by atoms with Crippen molar-refractivity contribution in [2.24, 2.45) is 0 Å². The molecule has 2 amide bonds. The Labute approximate surface area is 285 Å². The summed E-state index contributed by atoms with van der Waals surface area (Å²) in [6.45, 7) is 1.14. The van der Waals surface area contributed by atoms with E-state index < -0.39 is 34.3 Å². The van der Waals surface area contributed by atoms with Crippen LogP contribution in [0.2, 0.25) is 10.0 Å². The smallest absolute Gasteiger partial charge is 0.264 e. The van der Waals surface area contributed by atoms with Crippen LogP contribution in [0.1, 0.15) is 42.4 Å². The van der Waals surface area contributed by atoms with Gasteiger partial charge in [-0.25, -0.2) is 12.8 Å². The Morgan fingerprint density at radius 1 is 0.872 bits per heavy atom. The zero-order chi connectivity index (χ0) is 33.6. The van der Waals surface area contributed by atoms with Crippen molar-refractivity contribution >= 4 is 50.7 Å². The monoisotopic (exact) mass is 695 g/mol. The SMILES string of the molecule is Cc1ccc(S(=O)(=O)N(CC(=O)N(Cc2ccc(F)cc2)[C@H](Cc2ccccc2)C(=O)NC2CCCC2)c2ccc(Cl)c(Cl)c2)cc1. The number of halogens is 3. The highest BCUT2D eigenvalue weighted by Crippen LogP contribution is 2.31. The third kappa shape index (κ3) is 8.71. The molecule has 0 saturated heterocycles. The van der Waals surface area contributed by atoms with Crippen LogP contribution in [0, 0.1) is 12.7 Å². The van der Waals surface area contributed by atoms with Crippen LogP contribution in [0.4, 0.5) is 10.1 Å². The van der Waals surface area contributed by atoms with E-state index in [0.29, 0.717) is 5.56 Å². The predicted molar refractivity (Wildman–Crippen MR) is 183 cm³/mol. The molecule has 1 aliphatic carbocycles. The Hall–Kier alpha value is -3.92. The van der Waals surface area contributed by atoms with Gasteiger partial charge in [0, 0.05) is 19.0 Å². The minimum Gasteiger partial charge on any atom is -0.352 e. The molecule has 1 atom stereocenters. The molecule has 1 fully saturated rings. The van der Waals surface area contributed by atoms with Crippen molar-refractivity contribution in [3.05, 3.63) is 130 Å². The third-order valence-corrected chi connectivity index (χ3v) is 10.8. The van der Waals surface area contributed by atoms with Crippen molar-refractivity contribution in [2.75, 3.05) is 10.8 Å². The molecule has 47 heavy (non-hydrogen) atoms. The second-order valence-corrected chi connectivity index (χ2v) is 14.4. The Kier molecular flexibility index (Phi) is 11.2. The van der Waals surface area contributed by atoms with Crippen molar-refractivity contribution in [3.63, 3.8) is 0 Å². The quantitative estimate of drug-likeness (QED) is 0.168. The van der Waals surface area contributed by atoms with Gasteiger partial charge in [-0.1, -0.05) is 96.2 Å². The van der Waals surface area contributed by atoms with Crippen molar-refractivity contribution in [2.45, 2.75) is 62.6 Å². The summed E-state index contributed by atoms with van der Waals surface area (Å²) >= 11 is 12.5. The van der Waals surface area contributed by atoms with Crippen LogP contribution in [0.15, 0.2) is 102 Å². The summed E-state index contributed by atoms with van der Waals surface area (Å²) in [7, 11) is -4.30. The van der Waals surface area contributed by atoms with Crippen LogP contribution < -0.4 is 9.62 Å². The summed E-state index contributed by atoms with van der Waals surface area (Å²) in [5, 5.41) is 3.47. The predicted octanol–water partition coefficient (Wildman–Crippen LogP) is 7.34. The summed E-state index contributed by atoms with van der Waals surface area (Å²) in [6, 6.07) is 24.6. The van der Waals surface area contributed by atoms with Gasteiger partial charge in [-0.05, 0) is 73.4 Å². The molecule has 7 nitrogen and oxygen atoms in total. The van der Waals surface area contributed by atoms with Gasteiger partial charge < -0.3 is 10.2 Å². The zero-order valence-corrected chi connectivity index (χ0v) is 28.2. The van der Waals surface area contributed by atoms with E-state index in [1.54, 1.807) is 24.3 Å². The van der Waals surface area contributed by atoms with Gasteiger partial charge in [0.2, 0.25) is 11.8 Å². The minimum atomic E-state index is -4.30. The van der Waals surface area contributed by atoms with E-state index in [9.17, 15) is 22.4 Å². The number of anilines is 1. The lowest BCUT2D eigenvalue weighted by molar-refractivity contribution is -0.140. The molecule has 0 aliphatic heterocycles. The number of benzene rings is 4. The molecule has 1 aliphatic rings. The van der Waals surface area contributed by atoms with Gasteiger partial charge in [-0.3, -0.25) is 13.9 Å². The number of nitrogens with zero attached hydrogens (tertiary/aromatic N) is 2. The van der Waals surface area contributed by atoms with Gasteiger partial charge >= 0.3 is 0 Å². The number of sulfonamides is 1. The molecular weight excluding hydrogens is 660 g/mol. The number of hydrogen-bond acceptors (Lipinski definition) is 4. The average molecular weight is 697 g/mol. The van der Waals surface area contributed by atoms with Gasteiger partial charge in [0.1, 0.15) is 18.4 Å². The molecule has 0 spiro atoms. The molecule has 4 aromatic carbocycles. The van der Waals surface area contributed by atoms with E-state index in [1.165, 1.54) is 47.4 Å². The third-order valence-electron chi connectivity index (χ3n) is 8.32. The van der Waals surface area contributed by atoms with Crippen molar-refractivity contribution in [3.8, 4) is 0 Å². The number of rotatable bonds is 12. The Balaban J connectivity index is 1.57. The molecule has 1 N–H and O–H groups in total. The lowest BCUT2D eigenvalue weighted by atomic mass is 10.0. The van der Waals surface area contributed by atoms with Gasteiger partial charge in [0.15, 0.2) is 0 Å². The summed E-state index contributed by atoms with van der Waals surface area (Å²) in [4.78, 5) is 30.0. The lowest BCUT2D eigenvalue weighted by Crippen LogP contribution is -2.54. The van der Waals surface area contributed by atoms with Crippen molar-refractivity contribution in [1.29, 1.82) is 0 Å². The van der Waals surface area contributed by atoms with Crippen molar-refractivity contribution < 1.29 is 22.4 Å². The Bertz CT molecular complexity index is 1800. The molecule has 0 radical (unpaired) electrons. The van der Waals surface area contributed by atoms with Gasteiger partial charge in [-0.2, -0.15) is 0 Å². The molecule has 4 aromatic rings. The van der Waals surface area contributed by atoms with Gasteiger partial charge in [-0.15, -0.1) is 0 Å². The summed E-state index contributed by atoms with van der Waals surface area (Å²) in [6.07, 6.45) is 3.87. The Morgan fingerprint density at radius 3 is 2.17 bits per heavy atom. The van der Waals surface area contributed by atoms with Gasteiger partial charge in [0.25, 0.3) is 10.0 Å². The number of nitrogens with one attached hydrogen (secondary N) is 1. The highest BCUT2D eigenvalue weighted by atomic mass is 35.5. The maximum Gasteiger partial charge on any atom is 0.264 e. The topological polar surface area (TPSA) is 86.8 Å². The van der Waals surface area contributed by atoms with E-state index in [1.807, 2.05) is 37.3 Å². The molecule has 0 unspecified atom stereocenters. The number of amides is 2. The van der Waals surface area contributed by atoms with Crippen LogP contribution in [0.5, 0.6) is 0 Å².